The van der Waals surface area contributed by atoms with E-state index in [4.69, 9.17) is 4.74 Å². The van der Waals surface area contributed by atoms with E-state index in [0.29, 0.717) is 24.6 Å². The van der Waals surface area contributed by atoms with Crippen LogP contribution in [0.5, 0.6) is 0 Å². The number of amides is 2. The maximum absolute atomic E-state index is 13.0. The number of aromatic nitrogens is 1. The average Bonchev–Trinajstić information content (AvgIpc) is 3.02. The van der Waals surface area contributed by atoms with Crippen molar-refractivity contribution >= 4 is 22.7 Å². The molecule has 6 nitrogen and oxygen atoms in total. The molecule has 0 radical (unpaired) electrons. The summed E-state index contributed by atoms with van der Waals surface area (Å²) in [6.07, 6.45) is 4.00. The number of fused-ring (bicyclic) bond motifs is 3. The van der Waals surface area contributed by atoms with Crippen LogP contribution in [-0.2, 0) is 22.4 Å². The molecule has 2 amide bonds. The number of rotatable bonds is 7. The summed E-state index contributed by atoms with van der Waals surface area (Å²) < 4.78 is 4.96. The number of para-hydroxylation sites is 1. The smallest absolute Gasteiger partial charge is 0.256 e. The number of ether oxygens (including phenoxy) is 1. The van der Waals surface area contributed by atoms with E-state index in [1.165, 1.54) is 22.6 Å². The Labute approximate surface area is 160 Å². The molecule has 0 fully saturated rings. The highest BCUT2D eigenvalue weighted by Gasteiger charge is 2.23. The van der Waals surface area contributed by atoms with Gasteiger partial charge in [0, 0.05) is 38.4 Å². The lowest BCUT2D eigenvalue weighted by atomic mass is 9.87. The lowest BCUT2D eigenvalue weighted by Gasteiger charge is -2.18. The number of methoxy groups -OCH3 is 1. The molecule has 0 spiro atoms. The Morgan fingerprint density at radius 1 is 1.37 bits per heavy atom. The zero-order valence-electron chi connectivity index (χ0n) is 16.4. The Balaban J connectivity index is 1.73. The molecule has 2 aromatic rings. The van der Waals surface area contributed by atoms with E-state index in [1.807, 2.05) is 12.1 Å². The number of hydrogen-bond acceptors (Lipinski definition) is 3. The van der Waals surface area contributed by atoms with Crippen LogP contribution in [0.3, 0.4) is 0 Å². The first-order chi connectivity index (χ1) is 13.0. The summed E-state index contributed by atoms with van der Waals surface area (Å²) in [5, 5.41) is 3.95. The number of nitrogens with zero attached hydrogens (tertiary/aromatic N) is 1. The average molecular weight is 371 g/mol. The Bertz CT molecular complexity index is 827. The lowest BCUT2D eigenvalue weighted by Crippen LogP contribution is -2.38. The maximum atomic E-state index is 13.0. The lowest BCUT2D eigenvalue weighted by molar-refractivity contribution is -0.121. The monoisotopic (exact) mass is 371 g/mol. The van der Waals surface area contributed by atoms with Gasteiger partial charge in [-0.3, -0.25) is 9.59 Å². The van der Waals surface area contributed by atoms with Crippen molar-refractivity contribution in [3.63, 3.8) is 0 Å². The normalized spacial score (nSPS) is 16.2. The van der Waals surface area contributed by atoms with Crippen LogP contribution in [-0.4, -0.2) is 55.6 Å². The van der Waals surface area contributed by atoms with Crippen molar-refractivity contribution in [1.29, 1.82) is 0 Å². The van der Waals surface area contributed by atoms with E-state index in [9.17, 15) is 9.59 Å². The number of hydrogen-bond donors (Lipinski definition) is 2. The molecule has 1 aliphatic rings. The van der Waals surface area contributed by atoms with Gasteiger partial charge in [0.05, 0.1) is 17.6 Å². The minimum Gasteiger partial charge on any atom is -0.385 e. The summed E-state index contributed by atoms with van der Waals surface area (Å²) in [4.78, 5) is 30.0. The van der Waals surface area contributed by atoms with Crippen LogP contribution in [0.15, 0.2) is 18.2 Å². The third-order valence-electron chi connectivity index (χ3n) is 5.27. The topological polar surface area (TPSA) is 74.4 Å². The van der Waals surface area contributed by atoms with Crippen LogP contribution in [0.25, 0.3) is 10.9 Å². The third-order valence-corrected chi connectivity index (χ3v) is 5.27. The summed E-state index contributed by atoms with van der Waals surface area (Å²) in [5.74, 6) is 0.369. The maximum Gasteiger partial charge on any atom is 0.256 e. The molecule has 1 atom stereocenters. The van der Waals surface area contributed by atoms with Gasteiger partial charge in [-0.05, 0) is 43.2 Å². The number of likely N-dealkylation sites (N-methyl/N-ethyl adjacent to an activating group) is 1. The minimum atomic E-state index is -0.159. The number of benzene rings is 1. The van der Waals surface area contributed by atoms with Crippen molar-refractivity contribution in [2.45, 2.75) is 32.6 Å². The van der Waals surface area contributed by atoms with Crippen LogP contribution in [0, 0.1) is 5.92 Å². The van der Waals surface area contributed by atoms with Gasteiger partial charge in [-0.15, -0.1) is 0 Å². The summed E-state index contributed by atoms with van der Waals surface area (Å²) in [6.45, 7) is 3.47. The molecule has 1 aliphatic carbocycles. The number of carbonyl (C=O) groups is 2. The van der Waals surface area contributed by atoms with Crippen LogP contribution >= 0.6 is 0 Å². The second-order valence-electron chi connectivity index (χ2n) is 7.52. The molecular weight excluding hydrogens is 342 g/mol. The molecule has 6 heteroatoms. The highest BCUT2D eigenvalue weighted by atomic mass is 16.5. The zero-order valence-corrected chi connectivity index (χ0v) is 16.4. The Hall–Kier alpha value is -2.34. The fourth-order valence-corrected chi connectivity index (χ4v) is 3.79. The zero-order chi connectivity index (χ0) is 19.4. The van der Waals surface area contributed by atoms with Crippen LogP contribution in [0.1, 0.15) is 41.4 Å². The van der Waals surface area contributed by atoms with Gasteiger partial charge in [-0.25, -0.2) is 0 Å². The van der Waals surface area contributed by atoms with E-state index in [0.717, 1.165) is 30.2 Å². The largest absolute Gasteiger partial charge is 0.385 e. The van der Waals surface area contributed by atoms with E-state index in [1.54, 1.807) is 14.2 Å². The summed E-state index contributed by atoms with van der Waals surface area (Å²) >= 11 is 0. The van der Waals surface area contributed by atoms with Crippen molar-refractivity contribution in [3.05, 3.63) is 35.0 Å². The summed E-state index contributed by atoms with van der Waals surface area (Å²) in [7, 11) is 3.30. The third kappa shape index (κ3) is 4.33. The molecule has 0 aliphatic heterocycles. The molecule has 2 N–H and O–H groups in total. The first kappa shape index (κ1) is 19.4. The number of H-pyrrole nitrogens is 1. The van der Waals surface area contributed by atoms with Gasteiger partial charge in [0.15, 0.2) is 0 Å². The fraction of sp³-hybridized carbons (Fsp3) is 0.524. The van der Waals surface area contributed by atoms with Crippen molar-refractivity contribution in [2.75, 3.05) is 33.9 Å². The van der Waals surface area contributed by atoms with Gasteiger partial charge in [0.1, 0.15) is 0 Å². The van der Waals surface area contributed by atoms with E-state index >= 15 is 0 Å². The molecule has 1 heterocycles. The molecule has 3 rings (SSSR count). The Morgan fingerprint density at radius 2 is 2.19 bits per heavy atom. The van der Waals surface area contributed by atoms with E-state index in [-0.39, 0.29) is 18.4 Å². The quantitative estimate of drug-likeness (QED) is 0.735. The molecular formula is C21H29N3O3. The molecule has 146 valence electrons. The fourth-order valence-electron chi connectivity index (χ4n) is 3.79. The SMILES string of the molecule is COCCCNC(=O)CN(C)C(=O)c1cccc2c3c([nH]c12)CC[C@H](C)C3. The highest BCUT2D eigenvalue weighted by molar-refractivity contribution is 6.07. The van der Waals surface area contributed by atoms with Gasteiger partial charge >= 0.3 is 0 Å². The second-order valence-corrected chi connectivity index (χ2v) is 7.52. The molecule has 0 bridgehead atoms. The molecule has 0 unspecified atom stereocenters. The predicted octanol–water partition coefficient (Wildman–Crippen LogP) is 2.52. The van der Waals surface area contributed by atoms with Gasteiger partial charge in [0.25, 0.3) is 5.91 Å². The van der Waals surface area contributed by atoms with Crippen molar-refractivity contribution < 1.29 is 14.3 Å². The number of nitrogens with one attached hydrogen (secondary N) is 2. The Morgan fingerprint density at radius 3 is 2.96 bits per heavy atom. The molecule has 27 heavy (non-hydrogen) atoms. The number of aromatic amines is 1. The number of carbonyl (C=O) groups excluding carboxylic acids is 2. The van der Waals surface area contributed by atoms with Crippen LogP contribution in [0.2, 0.25) is 0 Å². The highest BCUT2D eigenvalue weighted by Crippen LogP contribution is 2.33. The molecule has 0 saturated heterocycles. The summed E-state index contributed by atoms with van der Waals surface area (Å²) in [5.41, 5.74) is 4.12. The van der Waals surface area contributed by atoms with Crippen molar-refractivity contribution in [2.24, 2.45) is 5.92 Å². The minimum absolute atomic E-state index is 0.0413. The molecule has 1 aromatic heterocycles. The Kier molecular flexibility index (Phi) is 6.16. The molecule has 1 aromatic carbocycles. The first-order valence-corrected chi connectivity index (χ1v) is 9.64. The van der Waals surface area contributed by atoms with Gasteiger partial charge in [-0.1, -0.05) is 19.1 Å². The van der Waals surface area contributed by atoms with Crippen LogP contribution < -0.4 is 5.32 Å². The summed E-state index contributed by atoms with van der Waals surface area (Å²) in [6, 6.07) is 5.85. The first-order valence-electron chi connectivity index (χ1n) is 9.64. The number of aryl methyl sites for hydroxylation is 1. The predicted molar refractivity (Wildman–Crippen MR) is 106 cm³/mol. The second kappa shape index (κ2) is 8.57. The van der Waals surface area contributed by atoms with E-state index < -0.39 is 0 Å². The van der Waals surface area contributed by atoms with Crippen molar-refractivity contribution in [3.8, 4) is 0 Å². The van der Waals surface area contributed by atoms with Gasteiger partial charge < -0.3 is 19.9 Å². The van der Waals surface area contributed by atoms with Crippen LogP contribution in [0.4, 0.5) is 0 Å². The van der Waals surface area contributed by atoms with Gasteiger partial charge in [0.2, 0.25) is 5.91 Å². The van der Waals surface area contributed by atoms with Crippen molar-refractivity contribution in [1.82, 2.24) is 15.2 Å². The van der Waals surface area contributed by atoms with E-state index in [2.05, 4.69) is 23.3 Å². The van der Waals surface area contributed by atoms with Gasteiger partial charge in [-0.2, -0.15) is 0 Å². The standard InChI is InChI=1S/C21H29N3O3/c1-14-8-9-18-17(12-14)15-6-4-7-16(20(15)23-18)21(26)24(2)13-19(25)22-10-5-11-27-3/h4,6-7,14,23H,5,8-13H2,1-3H3,(H,22,25)/t14-/m0/s1. The molecule has 0 saturated carbocycles.